The minimum Gasteiger partial charge on any atom is -0.256 e. The molecule has 0 radical (unpaired) electrons. The lowest BCUT2D eigenvalue weighted by atomic mass is 9.85. The molecule has 0 N–H and O–H groups in total. The van der Waals surface area contributed by atoms with Crippen molar-refractivity contribution in [2.24, 2.45) is 0 Å². The first-order valence-corrected chi connectivity index (χ1v) is 12.0. The molecule has 1 aromatic heterocycles. The van der Waals surface area contributed by atoms with Crippen molar-refractivity contribution < 1.29 is 0 Å². The summed E-state index contributed by atoms with van der Waals surface area (Å²) in [6.45, 7) is 6.54. The van der Waals surface area contributed by atoms with Gasteiger partial charge in [-0.2, -0.15) is 0 Å². The summed E-state index contributed by atoms with van der Waals surface area (Å²) in [4.78, 5) is 4.79. The number of pyridine rings is 1. The lowest BCUT2D eigenvalue weighted by Crippen LogP contribution is -2.24. The van der Waals surface area contributed by atoms with Crippen LogP contribution in [0.15, 0.2) is 115 Å². The third-order valence-corrected chi connectivity index (χ3v) is 6.78. The van der Waals surface area contributed by atoms with Crippen LogP contribution >= 0.6 is 0 Å². The molecule has 0 spiro atoms. The van der Waals surface area contributed by atoms with E-state index in [1.54, 1.807) is 0 Å². The second-order valence-electron chi connectivity index (χ2n) is 8.79. The van der Waals surface area contributed by atoms with Crippen molar-refractivity contribution in [1.29, 1.82) is 0 Å². The van der Waals surface area contributed by atoms with Crippen molar-refractivity contribution in [3.05, 3.63) is 126 Å². The van der Waals surface area contributed by atoms with Crippen LogP contribution in [0.1, 0.15) is 6.92 Å². The van der Waals surface area contributed by atoms with Crippen molar-refractivity contribution >= 4 is 45.1 Å². The van der Waals surface area contributed by atoms with Gasteiger partial charge in [0.25, 0.3) is 0 Å². The van der Waals surface area contributed by atoms with Crippen LogP contribution in [0.5, 0.6) is 0 Å². The fourth-order valence-electron chi connectivity index (χ4n) is 5.21. The van der Waals surface area contributed by atoms with Crippen LogP contribution < -0.4 is 10.4 Å². The maximum Gasteiger partial charge on any atom is 0.0780 e. The van der Waals surface area contributed by atoms with Crippen LogP contribution in [-0.2, 0) is 0 Å². The summed E-state index contributed by atoms with van der Waals surface area (Å²) in [5, 5.41) is 8.22. The molecule has 6 rings (SSSR count). The molecule has 1 nitrogen and oxygen atoms in total. The summed E-state index contributed by atoms with van der Waals surface area (Å²) >= 11 is 0. The Bertz CT molecular complexity index is 1810. The van der Waals surface area contributed by atoms with Gasteiger partial charge in [-0.25, -0.2) is 0 Å². The maximum absolute atomic E-state index is 4.79. The van der Waals surface area contributed by atoms with Crippen LogP contribution in [0.3, 0.4) is 0 Å². The minimum absolute atomic E-state index is 1.03. The van der Waals surface area contributed by atoms with Gasteiger partial charge in [-0.3, -0.25) is 4.98 Å². The number of rotatable bonds is 3. The van der Waals surface area contributed by atoms with Gasteiger partial charge >= 0.3 is 0 Å². The molecular formula is C34H25N. The average molecular weight is 448 g/mol. The van der Waals surface area contributed by atoms with Gasteiger partial charge in [0.1, 0.15) is 0 Å². The normalized spacial score (nSPS) is 12.3. The summed E-state index contributed by atoms with van der Waals surface area (Å²) < 4.78 is 0. The van der Waals surface area contributed by atoms with Gasteiger partial charge in [0.2, 0.25) is 0 Å². The van der Waals surface area contributed by atoms with Gasteiger partial charge in [-0.05, 0) is 61.7 Å². The van der Waals surface area contributed by atoms with E-state index >= 15 is 0 Å². The summed E-state index contributed by atoms with van der Waals surface area (Å²) in [6, 6.07) is 34.5. The van der Waals surface area contributed by atoms with Gasteiger partial charge < -0.3 is 0 Å². The van der Waals surface area contributed by atoms with E-state index in [1.165, 1.54) is 38.2 Å². The molecule has 1 heteroatoms. The van der Waals surface area contributed by atoms with Crippen LogP contribution in [0.4, 0.5) is 0 Å². The van der Waals surface area contributed by atoms with Crippen molar-refractivity contribution in [3.63, 3.8) is 0 Å². The molecule has 0 aliphatic carbocycles. The molecule has 6 aromatic rings. The molecule has 0 saturated carbocycles. The van der Waals surface area contributed by atoms with E-state index in [4.69, 9.17) is 4.98 Å². The molecular weight excluding hydrogens is 422 g/mol. The zero-order valence-corrected chi connectivity index (χ0v) is 19.7. The Kier molecular flexibility index (Phi) is 5.24. The van der Waals surface area contributed by atoms with E-state index in [0.717, 1.165) is 26.9 Å². The topological polar surface area (TPSA) is 12.9 Å². The first-order valence-electron chi connectivity index (χ1n) is 12.0. The van der Waals surface area contributed by atoms with Crippen molar-refractivity contribution in [2.75, 3.05) is 0 Å². The Balaban J connectivity index is 1.81. The summed E-state index contributed by atoms with van der Waals surface area (Å²) in [5.41, 5.74) is 5.81. The van der Waals surface area contributed by atoms with E-state index < -0.39 is 0 Å². The quantitative estimate of drug-likeness (QED) is 0.254. The third kappa shape index (κ3) is 3.45. The summed E-state index contributed by atoms with van der Waals surface area (Å²) in [7, 11) is 0. The number of hydrogen-bond donors (Lipinski definition) is 0. The molecule has 0 aliphatic rings. The van der Waals surface area contributed by atoms with E-state index in [2.05, 4.69) is 110 Å². The van der Waals surface area contributed by atoms with Crippen molar-refractivity contribution in [2.45, 2.75) is 6.92 Å². The summed E-state index contributed by atoms with van der Waals surface area (Å²) in [6.07, 6.45) is 8.13. The molecule has 5 aromatic carbocycles. The Morgan fingerprint density at radius 1 is 0.629 bits per heavy atom. The van der Waals surface area contributed by atoms with Crippen LogP contribution in [0.25, 0.3) is 67.4 Å². The highest BCUT2D eigenvalue weighted by Gasteiger charge is 2.18. The summed E-state index contributed by atoms with van der Waals surface area (Å²) in [5.74, 6) is 0. The minimum atomic E-state index is 1.03. The SMILES string of the molecule is C=c1c(-c2c3ccccc3c(-c3cccc4cccnc34)c3ccccc23)ccc/c1=C/C=C\C. The van der Waals surface area contributed by atoms with Crippen LogP contribution in [0.2, 0.25) is 0 Å². The van der Waals surface area contributed by atoms with Gasteiger partial charge in [-0.1, -0.05) is 116 Å². The number of para-hydroxylation sites is 1. The highest BCUT2D eigenvalue weighted by molar-refractivity contribution is 6.23. The third-order valence-electron chi connectivity index (χ3n) is 6.78. The van der Waals surface area contributed by atoms with Gasteiger partial charge in [-0.15, -0.1) is 0 Å². The molecule has 0 amide bonds. The highest BCUT2D eigenvalue weighted by atomic mass is 14.6. The number of nitrogens with zero attached hydrogens (tertiary/aromatic N) is 1. The lowest BCUT2D eigenvalue weighted by Gasteiger charge is -2.18. The van der Waals surface area contributed by atoms with Gasteiger partial charge in [0.15, 0.2) is 0 Å². The van der Waals surface area contributed by atoms with Gasteiger partial charge in [0, 0.05) is 17.1 Å². The predicted molar refractivity (Wildman–Crippen MR) is 152 cm³/mol. The molecule has 0 saturated heterocycles. The molecule has 0 atom stereocenters. The number of allylic oxidation sites excluding steroid dienone is 2. The average Bonchev–Trinajstić information content (AvgIpc) is 2.91. The first kappa shape index (κ1) is 21.1. The van der Waals surface area contributed by atoms with E-state index in [9.17, 15) is 0 Å². The van der Waals surface area contributed by atoms with E-state index in [-0.39, 0.29) is 0 Å². The molecule has 0 unspecified atom stereocenters. The Morgan fingerprint density at radius 2 is 1.20 bits per heavy atom. The van der Waals surface area contributed by atoms with E-state index in [0.29, 0.717) is 0 Å². The number of aromatic nitrogens is 1. The highest BCUT2D eigenvalue weighted by Crippen LogP contribution is 2.44. The monoisotopic (exact) mass is 447 g/mol. The molecule has 35 heavy (non-hydrogen) atoms. The van der Waals surface area contributed by atoms with E-state index in [1.807, 2.05) is 25.3 Å². The smallest absolute Gasteiger partial charge is 0.0780 e. The maximum atomic E-state index is 4.79. The number of fused-ring (bicyclic) bond motifs is 3. The zero-order chi connectivity index (χ0) is 23.8. The number of hydrogen-bond acceptors (Lipinski definition) is 1. The molecule has 0 bridgehead atoms. The Morgan fingerprint density at radius 3 is 1.86 bits per heavy atom. The zero-order valence-electron chi connectivity index (χ0n) is 19.7. The van der Waals surface area contributed by atoms with Crippen LogP contribution in [-0.4, -0.2) is 4.98 Å². The first-order chi connectivity index (χ1) is 17.3. The predicted octanol–water partition coefficient (Wildman–Crippen LogP) is 7.64. The molecule has 166 valence electrons. The van der Waals surface area contributed by atoms with Crippen molar-refractivity contribution in [1.82, 2.24) is 4.98 Å². The lowest BCUT2D eigenvalue weighted by molar-refractivity contribution is 1.41. The molecule has 1 heterocycles. The van der Waals surface area contributed by atoms with Crippen LogP contribution in [0, 0.1) is 0 Å². The second-order valence-corrected chi connectivity index (χ2v) is 8.79. The Labute approximate surface area is 205 Å². The molecule has 0 aliphatic heterocycles. The second kappa shape index (κ2) is 8.70. The van der Waals surface area contributed by atoms with Crippen molar-refractivity contribution in [3.8, 4) is 22.3 Å². The fourth-order valence-corrected chi connectivity index (χ4v) is 5.21. The fraction of sp³-hybridized carbons (Fsp3) is 0.0294. The largest absolute Gasteiger partial charge is 0.256 e. The number of benzene rings is 5. The van der Waals surface area contributed by atoms with Gasteiger partial charge in [0.05, 0.1) is 5.52 Å². The standard InChI is InChI=1S/C34H25N/c1-3-4-12-24-13-9-20-26(23(24)2)32-27-16-5-7-18-29(27)33(30-19-8-6-17-28(30)32)31-21-10-14-25-15-11-22-35-34(25)31/h3-22H,2H2,1H3/b4-3-,24-12-. The molecule has 0 fully saturated rings. The Hall–Kier alpha value is -4.49.